The summed E-state index contributed by atoms with van der Waals surface area (Å²) in [5.41, 5.74) is 10.9. The van der Waals surface area contributed by atoms with Crippen LogP contribution in [0.5, 0.6) is 5.75 Å². The molecule has 0 radical (unpaired) electrons. The summed E-state index contributed by atoms with van der Waals surface area (Å²) in [5.74, 6) is -0.00169. The topological polar surface area (TPSA) is 117 Å². The van der Waals surface area contributed by atoms with Crippen LogP contribution in [-0.2, 0) is 0 Å². The second kappa shape index (κ2) is 11.5. The predicted molar refractivity (Wildman–Crippen MR) is 135 cm³/mol. The first kappa shape index (κ1) is 26.3. The molecular weight excluding hydrogens is 487 g/mol. The monoisotopic (exact) mass is 518 g/mol. The smallest absolute Gasteiger partial charge is 0.258 e. The van der Waals surface area contributed by atoms with Crippen molar-refractivity contribution in [1.29, 1.82) is 0 Å². The van der Waals surface area contributed by atoms with E-state index in [1.165, 1.54) is 30.6 Å². The lowest BCUT2D eigenvalue weighted by atomic mass is 10.1. The number of nitrogens with zero attached hydrogens (tertiary/aromatic N) is 4. The molecule has 1 aliphatic carbocycles. The Labute approximate surface area is 215 Å². The Morgan fingerprint density at radius 3 is 2.81 bits per heavy atom. The van der Waals surface area contributed by atoms with Crippen molar-refractivity contribution in [3.63, 3.8) is 0 Å². The number of hydrogen-bond acceptors (Lipinski definition) is 8. The van der Waals surface area contributed by atoms with Gasteiger partial charge in [0.2, 0.25) is 0 Å². The lowest BCUT2D eigenvalue weighted by molar-refractivity contribution is 0.0786. The molecule has 3 unspecified atom stereocenters. The highest BCUT2D eigenvalue weighted by molar-refractivity contribution is 6.30. The second-order valence-electron chi connectivity index (χ2n) is 9.40. The number of nitrogens with one attached hydrogen (secondary N) is 1. The van der Waals surface area contributed by atoms with Gasteiger partial charge in [-0.05, 0) is 37.9 Å². The first-order chi connectivity index (χ1) is 17.3. The van der Waals surface area contributed by atoms with E-state index in [0.29, 0.717) is 28.7 Å². The van der Waals surface area contributed by atoms with Gasteiger partial charge in [0.15, 0.2) is 5.82 Å². The number of halogens is 2. The van der Waals surface area contributed by atoms with Crippen LogP contribution in [0.2, 0.25) is 5.02 Å². The van der Waals surface area contributed by atoms with Crippen LogP contribution >= 0.6 is 11.6 Å². The van der Waals surface area contributed by atoms with E-state index < -0.39 is 5.82 Å². The fourth-order valence-electron chi connectivity index (χ4n) is 4.72. The zero-order chi connectivity index (χ0) is 25.8. The van der Waals surface area contributed by atoms with Gasteiger partial charge >= 0.3 is 0 Å². The van der Waals surface area contributed by atoms with Gasteiger partial charge in [-0.3, -0.25) is 10.2 Å². The number of benzene rings is 1. The van der Waals surface area contributed by atoms with Gasteiger partial charge < -0.3 is 20.5 Å². The molecule has 1 aliphatic heterocycles. The summed E-state index contributed by atoms with van der Waals surface area (Å²) >= 11 is 5.88. The number of nitrogens with two attached hydrogens (primary N) is 1. The number of rotatable bonds is 9. The van der Waals surface area contributed by atoms with Crippen LogP contribution in [0.3, 0.4) is 0 Å². The van der Waals surface area contributed by atoms with E-state index in [1.54, 1.807) is 4.90 Å². The van der Waals surface area contributed by atoms with Crippen molar-refractivity contribution in [2.45, 2.75) is 38.3 Å². The maximum atomic E-state index is 14.2. The second-order valence-corrected chi connectivity index (χ2v) is 9.84. The first-order valence-electron chi connectivity index (χ1n) is 12.0. The number of carbonyl (C=O) groups is 1. The molecule has 0 saturated heterocycles. The molecule has 2 aromatic rings. The fourth-order valence-corrected chi connectivity index (χ4v) is 4.82. The van der Waals surface area contributed by atoms with Gasteiger partial charge in [0.25, 0.3) is 5.91 Å². The molecule has 4 N–H and O–H groups in total. The van der Waals surface area contributed by atoms with Crippen molar-refractivity contribution in [2.75, 3.05) is 33.3 Å². The Morgan fingerprint density at radius 2 is 2.11 bits per heavy atom. The molecule has 1 amide bonds. The molecule has 3 atom stereocenters. The predicted octanol–water partition coefficient (Wildman–Crippen LogP) is 2.46. The largest absolute Gasteiger partial charge is 0.489 e. The molecular formula is C25H32ClFN6O3. The van der Waals surface area contributed by atoms with Crippen LogP contribution in [-0.4, -0.2) is 76.3 Å². The van der Waals surface area contributed by atoms with Crippen LogP contribution in [0.1, 0.15) is 42.4 Å². The summed E-state index contributed by atoms with van der Waals surface area (Å²) in [6.07, 6.45) is 5.18. The maximum Gasteiger partial charge on any atom is 0.258 e. The minimum atomic E-state index is -0.473. The van der Waals surface area contributed by atoms with E-state index >= 15 is 0 Å². The molecule has 36 heavy (non-hydrogen) atoms. The summed E-state index contributed by atoms with van der Waals surface area (Å²) in [5, 5.41) is 11.9. The van der Waals surface area contributed by atoms with Crippen LogP contribution < -0.4 is 15.9 Å². The Hall–Kier alpha value is -2.79. The average molecular weight is 519 g/mol. The number of carbonyl (C=O) groups excluding carboxylic acids is 1. The van der Waals surface area contributed by atoms with Gasteiger partial charge in [-0.1, -0.05) is 18.5 Å². The normalized spacial score (nSPS) is 20.9. The van der Waals surface area contributed by atoms with Gasteiger partial charge in [-0.25, -0.2) is 19.4 Å². The van der Waals surface area contributed by atoms with Gasteiger partial charge in [-0.15, -0.1) is 0 Å². The van der Waals surface area contributed by atoms with Gasteiger partial charge in [-0.2, -0.15) is 0 Å². The Balaban J connectivity index is 1.45. The summed E-state index contributed by atoms with van der Waals surface area (Å²) in [4.78, 5) is 23.4. The van der Waals surface area contributed by atoms with Gasteiger partial charge in [0.05, 0.1) is 23.7 Å². The molecule has 0 bridgehead atoms. The molecule has 11 heteroatoms. The molecule has 1 fully saturated rings. The highest BCUT2D eigenvalue weighted by Gasteiger charge is 2.33. The third-order valence-electron chi connectivity index (χ3n) is 6.65. The summed E-state index contributed by atoms with van der Waals surface area (Å²) in [7, 11) is 1.86. The SMILES string of the molecule is CNN(CC(C)CO)C1CCC(Oc2cc(F)ccc2C(=O)N2CC(N)=C(c3ncc(Cl)cn3)C2)C1. The number of aromatic nitrogens is 2. The zero-order valence-electron chi connectivity index (χ0n) is 20.5. The van der Waals surface area contributed by atoms with E-state index in [0.717, 1.165) is 19.3 Å². The number of hydrogen-bond donors (Lipinski definition) is 3. The van der Waals surface area contributed by atoms with E-state index in [2.05, 4.69) is 20.4 Å². The fraction of sp³-hybridized carbons (Fsp3) is 0.480. The Morgan fingerprint density at radius 1 is 1.36 bits per heavy atom. The molecule has 1 aromatic carbocycles. The minimum Gasteiger partial charge on any atom is -0.489 e. The summed E-state index contributed by atoms with van der Waals surface area (Å²) < 4.78 is 20.4. The summed E-state index contributed by atoms with van der Waals surface area (Å²) in [6.45, 7) is 3.25. The van der Waals surface area contributed by atoms with Crippen molar-refractivity contribution in [3.8, 4) is 5.75 Å². The van der Waals surface area contributed by atoms with E-state index in [4.69, 9.17) is 22.1 Å². The third kappa shape index (κ3) is 5.95. The first-order valence-corrected chi connectivity index (χ1v) is 12.4. The molecule has 2 heterocycles. The molecule has 2 aliphatic rings. The molecule has 194 valence electrons. The lowest BCUT2D eigenvalue weighted by Gasteiger charge is -2.30. The third-order valence-corrected chi connectivity index (χ3v) is 6.84. The van der Waals surface area contributed by atoms with Crippen molar-refractivity contribution in [1.82, 2.24) is 25.3 Å². The highest BCUT2D eigenvalue weighted by Crippen LogP contribution is 2.32. The van der Waals surface area contributed by atoms with E-state index in [9.17, 15) is 14.3 Å². The zero-order valence-corrected chi connectivity index (χ0v) is 21.2. The number of hydrazine groups is 1. The number of aliphatic hydroxyl groups excluding tert-OH is 1. The van der Waals surface area contributed by atoms with Crippen LogP contribution in [0.25, 0.3) is 5.57 Å². The van der Waals surface area contributed by atoms with Crippen molar-refractivity contribution in [2.24, 2.45) is 11.7 Å². The Bertz CT molecular complexity index is 1120. The van der Waals surface area contributed by atoms with E-state index in [-0.39, 0.29) is 55.0 Å². The average Bonchev–Trinajstić information content (AvgIpc) is 3.49. The van der Waals surface area contributed by atoms with Crippen molar-refractivity contribution < 1.29 is 19.0 Å². The van der Waals surface area contributed by atoms with Gasteiger partial charge in [0.1, 0.15) is 17.7 Å². The maximum absolute atomic E-state index is 14.2. The number of amides is 1. The van der Waals surface area contributed by atoms with Gasteiger partial charge in [0, 0.05) is 55.3 Å². The van der Waals surface area contributed by atoms with E-state index in [1.807, 2.05) is 14.0 Å². The quantitative estimate of drug-likeness (QED) is 0.433. The standard InChI is InChI=1S/C25H32ClFN6O3/c1-15(14-34)11-33(29-2)18-4-5-19(8-18)36-23-7-17(27)3-6-20(23)25(35)32-12-21(22(28)13-32)24-30-9-16(26)10-31-24/h3,6-7,9-10,15,18-19,29,34H,4-5,8,11-14,28H2,1-2H3. The van der Waals surface area contributed by atoms with Crippen molar-refractivity contribution >= 4 is 23.1 Å². The summed E-state index contributed by atoms with van der Waals surface area (Å²) in [6, 6.07) is 4.19. The van der Waals surface area contributed by atoms with Crippen LogP contribution in [0, 0.1) is 11.7 Å². The Kier molecular flexibility index (Phi) is 8.40. The minimum absolute atomic E-state index is 0.112. The van der Waals surface area contributed by atoms with Crippen LogP contribution in [0.4, 0.5) is 4.39 Å². The molecule has 1 saturated carbocycles. The molecule has 0 spiro atoms. The number of ether oxygens (including phenoxy) is 1. The number of aliphatic hydroxyl groups is 1. The molecule has 9 nitrogen and oxygen atoms in total. The molecule has 4 rings (SSSR count). The molecule has 1 aromatic heterocycles. The van der Waals surface area contributed by atoms with Crippen molar-refractivity contribution in [3.05, 3.63) is 58.5 Å². The van der Waals surface area contributed by atoms with Crippen LogP contribution in [0.15, 0.2) is 36.3 Å². The highest BCUT2D eigenvalue weighted by atomic mass is 35.5. The lowest BCUT2D eigenvalue weighted by Crippen LogP contribution is -2.45.